The van der Waals surface area contributed by atoms with Crippen molar-refractivity contribution in [3.05, 3.63) is 91.9 Å². The predicted octanol–water partition coefficient (Wildman–Crippen LogP) is 3.93. The van der Waals surface area contributed by atoms with Gasteiger partial charge in [0.2, 0.25) is 0 Å². The molecule has 0 atom stereocenters. The van der Waals surface area contributed by atoms with Crippen molar-refractivity contribution in [3.63, 3.8) is 0 Å². The van der Waals surface area contributed by atoms with Gasteiger partial charge in [0.15, 0.2) is 0 Å². The molecule has 0 aliphatic rings. The SMILES string of the molecule is COC(=O)c1ccc(C)c(-n2c(C)cc(OCc3ccccc3CN)c(Cl)c2=O)c1. The first-order chi connectivity index (χ1) is 14.4. The Morgan fingerprint density at radius 2 is 1.80 bits per heavy atom. The Labute approximate surface area is 179 Å². The van der Waals surface area contributed by atoms with Crippen molar-refractivity contribution in [1.29, 1.82) is 0 Å². The number of nitrogens with zero attached hydrogens (tertiary/aromatic N) is 1. The molecule has 3 rings (SSSR count). The van der Waals surface area contributed by atoms with Crippen LogP contribution in [-0.4, -0.2) is 17.6 Å². The van der Waals surface area contributed by atoms with E-state index in [1.165, 1.54) is 11.7 Å². The van der Waals surface area contributed by atoms with E-state index in [1.54, 1.807) is 31.2 Å². The van der Waals surface area contributed by atoms with Crippen LogP contribution in [0, 0.1) is 13.8 Å². The third kappa shape index (κ3) is 4.25. The molecule has 1 aromatic heterocycles. The summed E-state index contributed by atoms with van der Waals surface area (Å²) in [5, 5.41) is -0.0336. The molecule has 0 unspecified atom stereocenters. The Morgan fingerprint density at radius 1 is 1.10 bits per heavy atom. The first-order valence-corrected chi connectivity index (χ1v) is 9.76. The summed E-state index contributed by atoms with van der Waals surface area (Å²) in [6.45, 7) is 4.27. The van der Waals surface area contributed by atoms with E-state index in [9.17, 15) is 9.59 Å². The zero-order chi connectivity index (χ0) is 21.8. The van der Waals surface area contributed by atoms with Crippen LogP contribution in [0.25, 0.3) is 5.69 Å². The van der Waals surface area contributed by atoms with Gasteiger partial charge in [-0.15, -0.1) is 0 Å². The molecule has 0 aliphatic carbocycles. The molecule has 0 fully saturated rings. The van der Waals surface area contributed by atoms with E-state index in [4.69, 9.17) is 26.8 Å². The van der Waals surface area contributed by atoms with Gasteiger partial charge in [-0.3, -0.25) is 9.36 Å². The number of hydrogen-bond donors (Lipinski definition) is 1. The van der Waals surface area contributed by atoms with Crippen LogP contribution in [-0.2, 0) is 17.9 Å². The Kier molecular flexibility index (Phi) is 6.59. The lowest BCUT2D eigenvalue weighted by atomic mass is 10.1. The number of rotatable bonds is 6. The Balaban J connectivity index is 2.00. The molecule has 2 N–H and O–H groups in total. The van der Waals surface area contributed by atoms with Crippen LogP contribution in [0.3, 0.4) is 0 Å². The van der Waals surface area contributed by atoms with Crippen molar-refractivity contribution >= 4 is 17.6 Å². The van der Waals surface area contributed by atoms with Gasteiger partial charge in [0.25, 0.3) is 5.56 Å². The maximum Gasteiger partial charge on any atom is 0.337 e. The molecule has 0 spiro atoms. The molecular weight excluding hydrogens is 404 g/mol. The second-order valence-electron chi connectivity index (χ2n) is 6.86. The summed E-state index contributed by atoms with van der Waals surface area (Å²) in [4.78, 5) is 25.0. The van der Waals surface area contributed by atoms with Crippen molar-refractivity contribution < 1.29 is 14.3 Å². The highest BCUT2D eigenvalue weighted by atomic mass is 35.5. The van der Waals surface area contributed by atoms with Gasteiger partial charge in [-0.05, 0) is 42.7 Å². The molecule has 0 aliphatic heterocycles. The fourth-order valence-corrected chi connectivity index (χ4v) is 3.43. The van der Waals surface area contributed by atoms with Crippen molar-refractivity contribution in [2.75, 3.05) is 7.11 Å². The van der Waals surface area contributed by atoms with E-state index in [0.717, 1.165) is 16.7 Å². The number of hydrogen-bond acceptors (Lipinski definition) is 5. The topological polar surface area (TPSA) is 83.6 Å². The molecule has 0 radical (unpaired) electrons. The zero-order valence-corrected chi connectivity index (χ0v) is 17.8. The van der Waals surface area contributed by atoms with Gasteiger partial charge in [-0.1, -0.05) is 41.9 Å². The molecule has 6 nitrogen and oxygen atoms in total. The quantitative estimate of drug-likeness (QED) is 0.604. The van der Waals surface area contributed by atoms with Crippen molar-refractivity contribution in [2.45, 2.75) is 27.0 Å². The lowest BCUT2D eigenvalue weighted by Gasteiger charge is -2.17. The summed E-state index contributed by atoms with van der Waals surface area (Å²) < 4.78 is 12.1. The van der Waals surface area contributed by atoms with E-state index in [1.807, 2.05) is 31.2 Å². The summed E-state index contributed by atoms with van der Waals surface area (Å²) in [7, 11) is 1.31. The number of carbonyl (C=O) groups excluding carboxylic acids is 1. The maximum atomic E-state index is 13.1. The van der Waals surface area contributed by atoms with E-state index in [-0.39, 0.29) is 11.6 Å². The number of halogens is 1. The average molecular weight is 427 g/mol. The molecular formula is C23H23ClN2O4. The fraction of sp³-hybridized carbons (Fsp3) is 0.217. The highest BCUT2D eigenvalue weighted by Gasteiger charge is 2.17. The summed E-state index contributed by atoms with van der Waals surface area (Å²) in [5.74, 6) is -0.185. The molecule has 1 heterocycles. The molecule has 3 aromatic rings. The monoisotopic (exact) mass is 426 g/mol. The molecule has 0 saturated carbocycles. The predicted molar refractivity (Wildman–Crippen MR) is 117 cm³/mol. The van der Waals surface area contributed by atoms with Crippen LogP contribution < -0.4 is 16.0 Å². The minimum atomic E-state index is -0.480. The maximum absolute atomic E-state index is 13.1. The van der Waals surface area contributed by atoms with Gasteiger partial charge < -0.3 is 15.2 Å². The average Bonchev–Trinajstić information content (AvgIpc) is 2.76. The van der Waals surface area contributed by atoms with E-state index < -0.39 is 11.5 Å². The second-order valence-corrected chi connectivity index (χ2v) is 7.24. The number of methoxy groups -OCH3 is 1. The Morgan fingerprint density at radius 3 is 2.47 bits per heavy atom. The fourth-order valence-electron chi connectivity index (χ4n) is 3.23. The zero-order valence-electron chi connectivity index (χ0n) is 17.1. The summed E-state index contributed by atoms with van der Waals surface area (Å²) in [6, 6.07) is 14.4. The van der Waals surface area contributed by atoms with Crippen molar-refractivity contribution in [3.8, 4) is 11.4 Å². The molecule has 0 saturated heterocycles. The van der Waals surface area contributed by atoms with Crippen LogP contribution in [0.5, 0.6) is 5.75 Å². The normalized spacial score (nSPS) is 10.7. The highest BCUT2D eigenvalue weighted by Crippen LogP contribution is 2.26. The summed E-state index contributed by atoms with van der Waals surface area (Å²) in [6.07, 6.45) is 0. The lowest BCUT2D eigenvalue weighted by molar-refractivity contribution is 0.0600. The van der Waals surface area contributed by atoms with Crippen LogP contribution in [0.15, 0.2) is 53.3 Å². The van der Waals surface area contributed by atoms with Gasteiger partial charge in [0, 0.05) is 18.3 Å². The highest BCUT2D eigenvalue weighted by molar-refractivity contribution is 6.31. The van der Waals surface area contributed by atoms with Crippen LogP contribution in [0.2, 0.25) is 5.02 Å². The van der Waals surface area contributed by atoms with Crippen LogP contribution >= 0.6 is 11.6 Å². The molecule has 7 heteroatoms. The molecule has 156 valence electrons. The van der Waals surface area contributed by atoms with Crippen molar-refractivity contribution in [2.24, 2.45) is 5.73 Å². The van der Waals surface area contributed by atoms with E-state index in [0.29, 0.717) is 29.2 Å². The van der Waals surface area contributed by atoms with E-state index >= 15 is 0 Å². The number of pyridine rings is 1. The van der Waals surface area contributed by atoms with Gasteiger partial charge >= 0.3 is 5.97 Å². The third-order valence-corrected chi connectivity index (χ3v) is 5.24. The molecule has 0 bridgehead atoms. The molecule has 2 aromatic carbocycles. The van der Waals surface area contributed by atoms with Crippen LogP contribution in [0.4, 0.5) is 0 Å². The largest absolute Gasteiger partial charge is 0.487 e. The Bertz CT molecular complexity index is 1150. The van der Waals surface area contributed by atoms with E-state index in [2.05, 4.69) is 0 Å². The number of esters is 1. The standard InChI is InChI=1S/C23H23ClN2O4/c1-14-8-9-16(23(28)29-3)11-19(14)26-15(2)10-20(21(24)22(26)27)30-13-18-7-5-4-6-17(18)12-25/h4-11H,12-13,25H2,1-3H3. The van der Waals surface area contributed by atoms with Crippen molar-refractivity contribution in [1.82, 2.24) is 4.57 Å². The number of benzene rings is 2. The molecule has 0 amide bonds. The van der Waals surface area contributed by atoms with Gasteiger partial charge in [0.05, 0.1) is 18.4 Å². The number of nitrogens with two attached hydrogens (primary N) is 1. The van der Waals surface area contributed by atoms with Crippen LogP contribution in [0.1, 0.15) is 32.7 Å². The van der Waals surface area contributed by atoms with Gasteiger partial charge in [-0.25, -0.2) is 4.79 Å². The first-order valence-electron chi connectivity index (χ1n) is 9.38. The van der Waals surface area contributed by atoms with Gasteiger partial charge in [0.1, 0.15) is 17.4 Å². The summed E-state index contributed by atoms with van der Waals surface area (Å²) in [5.41, 5.74) is 9.58. The Hall–Kier alpha value is -3.09. The minimum absolute atomic E-state index is 0.0336. The first kappa shape index (κ1) is 21.6. The van der Waals surface area contributed by atoms with Gasteiger partial charge in [-0.2, -0.15) is 0 Å². The third-order valence-electron chi connectivity index (χ3n) is 4.89. The lowest BCUT2D eigenvalue weighted by Crippen LogP contribution is -2.23. The number of ether oxygens (including phenoxy) is 2. The molecule has 30 heavy (non-hydrogen) atoms. The minimum Gasteiger partial charge on any atom is -0.487 e. The number of aromatic nitrogens is 1. The summed E-state index contributed by atoms with van der Waals surface area (Å²) >= 11 is 6.37. The second kappa shape index (κ2) is 9.15. The smallest absolute Gasteiger partial charge is 0.337 e. The number of aryl methyl sites for hydroxylation is 2. The number of carbonyl (C=O) groups is 1.